The highest BCUT2D eigenvalue weighted by Gasteiger charge is 2.36. The smallest absolute Gasteiger partial charge is 0.323 e. The Bertz CT molecular complexity index is 1630. The van der Waals surface area contributed by atoms with Crippen molar-refractivity contribution >= 4 is 33.3 Å². The van der Waals surface area contributed by atoms with E-state index < -0.39 is 34.1 Å². The number of amides is 3. The molecule has 14 nitrogen and oxygen atoms in total. The van der Waals surface area contributed by atoms with Crippen molar-refractivity contribution in [2.75, 3.05) is 44.2 Å². The summed E-state index contributed by atoms with van der Waals surface area (Å²) in [6.07, 6.45) is 2.17. The lowest BCUT2D eigenvalue weighted by Crippen LogP contribution is -2.50. The van der Waals surface area contributed by atoms with Gasteiger partial charge in [-0.25, -0.2) is 18.2 Å². The third-order valence-corrected chi connectivity index (χ3v) is 9.06. The van der Waals surface area contributed by atoms with Gasteiger partial charge in [0.25, 0.3) is 15.9 Å². The monoisotopic (exact) mass is 614 g/mol. The molecule has 0 spiro atoms. The number of hydrogen-bond acceptors (Lipinski definition) is 9. The van der Waals surface area contributed by atoms with Crippen molar-refractivity contribution in [3.63, 3.8) is 0 Å². The summed E-state index contributed by atoms with van der Waals surface area (Å²) in [5.41, 5.74) is 0.968. The van der Waals surface area contributed by atoms with Gasteiger partial charge in [-0.15, -0.1) is 0 Å². The Morgan fingerprint density at radius 3 is 2.49 bits per heavy atom. The van der Waals surface area contributed by atoms with Crippen molar-refractivity contribution < 1.29 is 37.3 Å². The number of urea groups is 1. The highest BCUT2D eigenvalue weighted by molar-refractivity contribution is 7.89. The molecule has 15 heteroatoms. The molecule has 2 aliphatic heterocycles. The second kappa shape index (κ2) is 12.1. The zero-order valence-corrected chi connectivity index (χ0v) is 25.0. The molecule has 0 fully saturated rings. The van der Waals surface area contributed by atoms with Gasteiger partial charge in [0.1, 0.15) is 11.9 Å². The first-order valence-electron chi connectivity index (χ1n) is 13.6. The maximum atomic E-state index is 13.7. The van der Waals surface area contributed by atoms with Crippen molar-refractivity contribution in [2.24, 2.45) is 13.0 Å². The van der Waals surface area contributed by atoms with Crippen molar-refractivity contribution in [1.82, 2.24) is 18.8 Å². The molecule has 0 saturated heterocycles. The molecule has 0 saturated carbocycles. The number of aliphatic hydroxyl groups is 1. The van der Waals surface area contributed by atoms with E-state index in [9.17, 15) is 23.1 Å². The number of nitrogens with zero attached hydrogens (tertiary/aromatic N) is 4. The van der Waals surface area contributed by atoms with Gasteiger partial charge >= 0.3 is 6.03 Å². The lowest BCUT2D eigenvalue weighted by molar-refractivity contribution is 0.0387. The van der Waals surface area contributed by atoms with Gasteiger partial charge in [0.05, 0.1) is 31.1 Å². The van der Waals surface area contributed by atoms with E-state index in [1.165, 1.54) is 34.8 Å². The number of nitrogens with one attached hydrogen (secondary N) is 2. The van der Waals surface area contributed by atoms with E-state index in [2.05, 4.69) is 15.6 Å². The van der Waals surface area contributed by atoms with E-state index in [-0.39, 0.29) is 48.7 Å². The fraction of sp³-hybridized carbons (Fsp3) is 0.393. The summed E-state index contributed by atoms with van der Waals surface area (Å²) in [6.45, 7) is 3.59. The molecule has 2 aliphatic rings. The third-order valence-electron chi connectivity index (χ3n) is 7.35. The van der Waals surface area contributed by atoms with Crippen LogP contribution in [0.15, 0.2) is 53.9 Å². The zero-order chi connectivity index (χ0) is 30.9. The van der Waals surface area contributed by atoms with Gasteiger partial charge in [0.2, 0.25) is 6.79 Å². The number of imidazole rings is 1. The Morgan fingerprint density at radius 1 is 1.14 bits per heavy atom. The van der Waals surface area contributed by atoms with Crippen LogP contribution in [0.2, 0.25) is 0 Å². The highest BCUT2D eigenvalue weighted by Crippen LogP contribution is 2.35. The molecule has 3 N–H and O–H groups in total. The maximum absolute atomic E-state index is 13.7. The lowest BCUT2D eigenvalue weighted by Gasteiger charge is -2.38. The summed E-state index contributed by atoms with van der Waals surface area (Å²) in [6, 6.07) is 8.56. The summed E-state index contributed by atoms with van der Waals surface area (Å²) < 4.78 is 46.0. The predicted molar refractivity (Wildman–Crippen MR) is 156 cm³/mol. The summed E-state index contributed by atoms with van der Waals surface area (Å²) in [5.74, 6) is 0.624. The molecule has 2 aromatic carbocycles. The van der Waals surface area contributed by atoms with Crippen molar-refractivity contribution in [3.8, 4) is 17.2 Å². The minimum absolute atomic E-state index is 0.0208. The molecule has 0 radical (unpaired) electrons. The minimum atomic E-state index is -3.90. The van der Waals surface area contributed by atoms with E-state index >= 15 is 0 Å². The first-order chi connectivity index (χ1) is 20.5. The number of aliphatic hydroxyl groups excluding tert-OH is 1. The topological polar surface area (TPSA) is 165 Å². The molecular weight excluding hydrogens is 580 g/mol. The average molecular weight is 615 g/mol. The van der Waals surface area contributed by atoms with Gasteiger partial charge in [0, 0.05) is 50.2 Å². The van der Waals surface area contributed by atoms with Crippen molar-refractivity contribution in [2.45, 2.75) is 31.0 Å². The molecule has 0 unspecified atom stereocenters. The second-order valence-electron chi connectivity index (χ2n) is 10.6. The SMILES string of the molecule is C[C@H]1CN([C@@H](C)CO)C(=O)c2cc(NC(=O)Nc3ccc4c(c3)OCO4)ccc2O[C@@H]1CN(C)S(=O)(=O)c1cn(C)cn1. The van der Waals surface area contributed by atoms with E-state index in [0.29, 0.717) is 22.9 Å². The minimum Gasteiger partial charge on any atom is -0.488 e. The number of hydrogen-bond donors (Lipinski definition) is 3. The van der Waals surface area contributed by atoms with Crippen LogP contribution in [0.25, 0.3) is 0 Å². The van der Waals surface area contributed by atoms with E-state index in [0.717, 1.165) is 0 Å². The summed E-state index contributed by atoms with van der Waals surface area (Å²) in [5, 5.41) is 15.3. The molecule has 3 heterocycles. The molecule has 5 rings (SSSR count). The Kier molecular flexibility index (Phi) is 8.48. The van der Waals surface area contributed by atoms with Crippen LogP contribution >= 0.6 is 0 Å². The van der Waals surface area contributed by atoms with Gasteiger partial charge in [-0.3, -0.25) is 4.79 Å². The largest absolute Gasteiger partial charge is 0.488 e. The van der Waals surface area contributed by atoms with E-state index in [1.54, 1.807) is 48.9 Å². The fourth-order valence-corrected chi connectivity index (χ4v) is 5.96. The fourth-order valence-electron chi connectivity index (χ4n) is 4.82. The molecule has 3 aromatic rings. The number of carbonyl (C=O) groups is 2. The predicted octanol–water partition coefficient (Wildman–Crippen LogP) is 2.33. The summed E-state index contributed by atoms with van der Waals surface area (Å²) in [7, 11) is -0.772. The van der Waals surface area contributed by atoms with E-state index in [1.807, 2.05) is 6.92 Å². The number of likely N-dealkylation sites (N-methyl/N-ethyl adjacent to an activating group) is 1. The van der Waals surface area contributed by atoms with E-state index in [4.69, 9.17) is 14.2 Å². The quantitative estimate of drug-likeness (QED) is 0.345. The van der Waals surface area contributed by atoms with Crippen LogP contribution in [0.5, 0.6) is 17.2 Å². The van der Waals surface area contributed by atoms with Crippen LogP contribution in [0.1, 0.15) is 24.2 Å². The van der Waals surface area contributed by atoms with Crippen molar-refractivity contribution in [3.05, 3.63) is 54.5 Å². The number of benzene rings is 2. The van der Waals surface area contributed by atoms with Crippen LogP contribution in [0.4, 0.5) is 16.2 Å². The van der Waals surface area contributed by atoms with Crippen LogP contribution in [0, 0.1) is 5.92 Å². The standard InChI is InChI=1S/C28H34N6O8S/c1-17-11-34(18(2)14-35)27(36)21-9-19(30-28(37)31-20-6-8-23-24(10-20)41-16-40-23)5-7-22(21)42-25(17)12-33(4)43(38,39)26-13-32(3)15-29-26/h5-10,13,15,17-18,25,35H,11-12,14,16H2,1-4H3,(H2,30,31,37)/t17-,18-,25+/m0/s1. The molecule has 0 bridgehead atoms. The molecule has 230 valence electrons. The number of rotatable bonds is 8. The van der Waals surface area contributed by atoms with Crippen LogP contribution < -0.4 is 24.8 Å². The van der Waals surface area contributed by atoms with Crippen LogP contribution in [0.3, 0.4) is 0 Å². The summed E-state index contributed by atoms with van der Waals surface area (Å²) in [4.78, 5) is 32.0. The number of aromatic nitrogens is 2. The first-order valence-corrected chi connectivity index (χ1v) is 15.0. The third kappa shape index (κ3) is 6.38. The Labute approximate surface area is 249 Å². The van der Waals surface area contributed by atoms with Gasteiger partial charge in [-0.1, -0.05) is 6.92 Å². The molecule has 3 amide bonds. The molecular formula is C28H34N6O8S. The Hall–Kier alpha value is -4.34. The Balaban J connectivity index is 1.38. The number of carbonyl (C=O) groups excluding carboxylic acids is 2. The number of anilines is 2. The molecule has 0 aliphatic carbocycles. The molecule has 1 aromatic heterocycles. The highest BCUT2D eigenvalue weighted by atomic mass is 32.2. The second-order valence-corrected chi connectivity index (χ2v) is 12.6. The van der Waals surface area contributed by atoms with Crippen LogP contribution in [-0.4, -0.2) is 89.9 Å². The summed E-state index contributed by atoms with van der Waals surface area (Å²) >= 11 is 0. The normalized spacial score (nSPS) is 18.8. The maximum Gasteiger partial charge on any atom is 0.323 e. The number of ether oxygens (including phenoxy) is 3. The van der Waals surface area contributed by atoms with Gasteiger partial charge in [0.15, 0.2) is 16.5 Å². The molecule has 3 atom stereocenters. The number of aryl methyl sites for hydroxylation is 1. The van der Waals surface area contributed by atoms with Crippen LogP contribution in [-0.2, 0) is 17.1 Å². The number of sulfonamides is 1. The van der Waals surface area contributed by atoms with Gasteiger partial charge in [-0.2, -0.15) is 4.31 Å². The lowest BCUT2D eigenvalue weighted by atomic mass is 9.99. The molecule has 43 heavy (non-hydrogen) atoms. The average Bonchev–Trinajstić information content (AvgIpc) is 3.63. The van der Waals surface area contributed by atoms with Gasteiger partial charge in [-0.05, 0) is 37.3 Å². The van der Waals surface area contributed by atoms with Crippen molar-refractivity contribution in [1.29, 1.82) is 0 Å². The van der Waals surface area contributed by atoms with Gasteiger partial charge < -0.3 is 39.4 Å². The Morgan fingerprint density at radius 2 is 1.81 bits per heavy atom. The zero-order valence-electron chi connectivity index (χ0n) is 24.2. The first kappa shape index (κ1) is 30.1. The number of fused-ring (bicyclic) bond motifs is 2.